The van der Waals surface area contributed by atoms with Gasteiger partial charge in [-0.1, -0.05) is 48.5 Å². The average molecular weight is 410 g/mol. The maximum Gasteiger partial charge on any atom is 0.244 e. The van der Waals surface area contributed by atoms with Gasteiger partial charge in [0.25, 0.3) is 0 Å². The lowest BCUT2D eigenvalue weighted by Crippen LogP contribution is -2.23. The molecule has 0 saturated carbocycles. The lowest BCUT2D eigenvalue weighted by atomic mass is 10.1. The number of hydrogen-bond donors (Lipinski definition) is 2. The zero-order chi connectivity index (χ0) is 20.5. The van der Waals surface area contributed by atoms with Gasteiger partial charge in [0.2, 0.25) is 15.9 Å². The first-order valence-corrected chi connectivity index (χ1v) is 10.6. The van der Waals surface area contributed by atoms with Crippen LogP contribution < -0.4 is 10.0 Å². The number of amides is 1. The van der Waals surface area contributed by atoms with Crippen LogP contribution in [0.1, 0.15) is 17.1 Å². The minimum absolute atomic E-state index is 0.0222. The molecule has 0 aliphatic heterocycles. The summed E-state index contributed by atoms with van der Waals surface area (Å²) in [5.41, 5.74) is 1.16. The Labute approximate surface area is 170 Å². The van der Waals surface area contributed by atoms with Crippen molar-refractivity contribution in [3.63, 3.8) is 0 Å². The Morgan fingerprint density at radius 2 is 1.62 bits per heavy atom. The van der Waals surface area contributed by atoms with E-state index >= 15 is 0 Å². The van der Waals surface area contributed by atoms with Gasteiger partial charge >= 0.3 is 0 Å². The van der Waals surface area contributed by atoms with Gasteiger partial charge in [-0.3, -0.25) is 4.79 Å². The molecule has 3 rings (SSSR count). The van der Waals surface area contributed by atoms with Crippen LogP contribution in [0.15, 0.2) is 88.2 Å². The van der Waals surface area contributed by atoms with E-state index in [1.165, 1.54) is 18.2 Å². The number of nitrogens with one attached hydrogen (secondary N) is 2. The summed E-state index contributed by atoms with van der Waals surface area (Å²) in [7, 11) is -3.60. The van der Waals surface area contributed by atoms with Crippen LogP contribution in [0.4, 0.5) is 0 Å². The Morgan fingerprint density at radius 3 is 2.34 bits per heavy atom. The van der Waals surface area contributed by atoms with Crippen molar-refractivity contribution in [3.8, 4) is 0 Å². The largest absolute Gasteiger partial charge is 0.460 e. The highest BCUT2D eigenvalue weighted by atomic mass is 32.2. The van der Waals surface area contributed by atoms with Gasteiger partial charge in [-0.15, -0.1) is 0 Å². The summed E-state index contributed by atoms with van der Waals surface area (Å²) in [6.45, 7) is 0.562. The van der Waals surface area contributed by atoms with Crippen molar-refractivity contribution < 1.29 is 17.6 Å². The molecule has 0 spiro atoms. The molecule has 0 saturated heterocycles. The first-order valence-electron chi connectivity index (χ1n) is 9.16. The monoisotopic (exact) mass is 410 g/mol. The zero-order valence-electron chi connectivity index (χ0n) is 15.7. The third kappa shape index (κ3) is 6.44. The van der Waals surface area contributed by atoms with Crippen molar-refractivity contribution >= 4 is 22.0 Å². The molecule has 1 aromatic heterocycles. The summed E-state index contributed by atoms with van der Waals surface area (Å²) >= 11 is 0. The maximum atomic E-state index is 12.2. The Bertz CT molecular complexity index is 1060. The third-order valence-electron chi connectivity index (χ3n) is 4.13. The Kier molecular flexibility index (Phi) is 6.99. The van der Waals surface area contributed by atoms with E-state index < -0.39 is 10.0 Å². The zero-order valence-corrected chi connectivity index (χ0v) is 16.6. The van der Waals surface area contributed by atoms with Crippen molar-refractivity contribution in [2.45, 2.75) is 17.9 Å². The molecule has 0 atom stereocenters. The smallest absolute Gasteiger partial charge is 0.244 e. The second-order valence-electron chi connectivity index (χ2n) is 6.30. The Balaban J connectivity index is 1.46. The van der Waals surface area contributed by atoms with Gasteiger partial charge in [-0.05, 0) is 42.3 Å². The minimum atomic E-state index is -3.60. The van der Waals surface area contributed by atoms with Crippen molar-refractivity contribution in [2.24, 2.45) is 0 Å². The van der Waals surface area contributed by atoms with E-state index in [0.29, 0.717) is 18.1 Å². The normalized spacial score (nSPS) is 11.6. The van der Waals surface area contributed by atoms with Crippen LogP contribution in [-0.4, -0.2) is 20.9 Å². The second kappa shape index (κ2) is 9.86. The highest BCUT2D eigenvalue weighted by molar-refractivity contribution is 7.89. The molecular formula is C22H22N2O4S. The number of benzene rings is 2. The molecule has 150 valence electrons. The SMILES string of the molecule is O=C(/C=C/c1ccc(CNS(=O)(=O)c2ccccc2)o1)NCCc1ccccc1. The molecule has 29 heavy (non-hydrogen) atoms. The fraction of sp³-hybridized carbons (Fsp3) is 0.136. The molecule has 0 fully saturated rings. The molecule has 0 aliphatic rings. The van der Waals surface area contributed by atoms with Crippen molar-refractivity contribution in [2.75, 3.05) is 6.54 Å². The molecule has 1 amide bonds. The van der Waals surface area contributed by atoms with Crippen LogP contribution in [0.25, 0.3) is 6.08 Å². The standard InChI is InChI=1S/C22H22N2O4S/c25-22(23-16-15-18-7-3-1-4-8-18)14-13-19-11-12-20(28-19)17-24-29(26,27)21-9-5-2-6-10-21/h1-14,24H,15-17H2,(H,23,25)/b14-13+. The van der Waals surface area contributed by atoms with Gasteiger partial charge in [0.15, 0.2) is 0 Å². The minimum Gasteiger partial charge on any atom is -0.460 e. The second-order valence-corrected chi connectivity index (χ2v) is 8.07. The molecule has 6 nitrogen and oxygen atoms in total. The molecule has 2 N–H and O–H groups in total. The van der Waals surface area contributed by atoms with E-state index in [1.54, 1.807) is 36.4 Å². The molecule has 0 unspecified atom stereocenters. The summed E-state index contributed by atoms with van der Waals surface area (Å²) < 4.78 is 32.5. The van der Waals surface area contributed by atoms with Crippen molar-refractivity contribution in [1.82, 2.24) is 10.0 Å². The van der Waals surface area contributed by atoms with E-state index in [2.05, 4.69) is 10.0 Å². The van der Waals surface area contributed by atoms with Crippen LogP contribution in [0.5, 0.6) is 0 Å². The number of hydrogen-bond acceptors (Lipinski definition) is 4. The molecular weight excluding hydrogens is 388 g/mol. The van der Waals surface area contributed by atoms with Crippen LogP contribution in [0, 0.1) is 0 Å². The van der Waals surface area contributed by atoms with Gasteiger partial charge < -0.3 is 9.73 Å². The lowest BCUT2D eigenvalue weighted by molar-refractivity contribution is -0.116. The summed E-state index contributed by atoms with van der Waals surface area (Å²) in [5.74, 6) is 0.703. The molecule has 0 aliphatic carbocycles. The van der Waals surface area contributed by atoms with E-state index in [1.807, 2.05) is 30.3 Å². The maximum absolute atomic E-state index is 12.2. The summed E-state index contributed by atoms with van der Waals surface area (Å²) in [6.07, 6.45) is 3.70. The summed E-state index contributed by atoms with van der Waals surface area (Å²) in [4.78, 5) is 12.1. The van der Waals surface area contributed by atoms with Gasteiger partial charge in [0.1, 0.15) is 11.5 Å². The Hall–Kier alpha value is -3.16. The summed E-state index contributed by atoms with van der Waals surface area (Å²) in [6, 6.07) is 21.4. The molecule has 1 heterocycles. The van der Waals surface area contributed by atoms with E-state index in [-0.39, 0.29) is 17.3 Å². The lowest BCUT2D eigenvalue weighted by Gasteiger charge is -2.04. The van der Waals surface area contributed by atoms with Gasteiger partial charge in [-0.25, -0.2) is 13.1 Å². The number of carbonyl (C=O) groups is 1. The fourth-order valence-corrected chi connectivity index (χ4v) is 3.63. The van der Waals surface area contributed by atoms with Crippen molar-refractivity contribution in [1.29, 1.82) is 0 Å². The number of furan rings is 1. The molecule has 7 heteroatoms. The molecule has 0 bridgehead atoms. The van der Waals surface area contributed by atoms with Crippen LogP contribution in [0.2, 0.25) is 0 Å². The molecule has 2 aromatic carbocycles. The van der Waals surface area contributed by atoms with Gasteiger partial charge in [0.05, 0.1) is 11.4 Å². The molecule has 3 aromatic rings. The van der Waals surface area contributed by atoms with Crippen LogP contribution >= 0.6 is 0 Å². The van der Waals surface area contributed by atoms with E-state index in [4.69, 9.17) is 4.42 Å². The average Bonchev–Trinajstić information content (AvgIpc) is 3.20. The summed E-state index contributed by atoms with van der Waals surface area (Å²) in [5, 5.41) is 2.81. The highest BCUT2D eigenvalue weighted by Crippen LogP contribution is 2.12. The predicted molar refractivity (Wildman–Crippen MR) is 111 cm³/mol. The predicted octanol–water partition coefficient (Wildman–Crippen LogP) is 3.13. The van der Waals surface area contributed by atoms with E-state index in [0.717, 1.165) is 12.0 Å². The number of carbonyl (C=O) groups excluding carboxylic acids is 1. The first-order chi connectivity index (χ1) is 14.0. The highest BCUT2D eigenvalue weighted by Gasteiger charge is 2.13. The fourth-order valence-electron chi connectivity index (χ4n) is 2.62. The van der Waals surface area contributed by atoms with Crippen LogP contribution in [0.3, 0.4) is 0 Å². The van der Waals surface area contributed by atoms with E-state index in [9.17, 15) is 13.2 Å². The topological polar surface area (TPSA) is 88.4 Å². The molecule has 0 radical (unpaired) electrons. The number of sulfonamides is 1. The first kappa shape index (κ1) is 20.6. The quantitative estimate of drug-likeness (QED) is 0.531. The number of rotatable bonds is 9. The van der Waals surface area contributed by atoms with Crippen LogP contribution in [-0.2, 0) is 27.8 Å². The van der Waals surface area contributed by atoms with Gasteiger partial charge in [0, 0.05) is 12.6 Å². The van der Waals surface area contributed by atoms with Gasteiger partial charge in [-0.2, -0.15) is 0 Å². The Morgan fingerprint density at radius 1 is 0.931 bits per heavy atom. The third-order valence-corrected chi connectivity index (χ3v) is 5.54. The van der Waals surface area contributed by atoms with Crippen molar-refractivity contribution in [3.05, 3.63) is 96.0 Å².